The zero-order chi connectivity index (χ0) is 11.2. The van der Waals surface area contributed by atoms with E-state index in [0.29, 0.717) is 6.04 Å². The second-order valence-electron chi connectivity index (χ2n) is 4.49. The largest absolute Gasteiger partial charge is 0.472 e. The Morgan fingerprint density at radius 2 is 2.25 bits per heavy atom. The summed E-state index contributed by atoms with van der Waals surface area (Å²) in [5.41, 5.74) is 1.15. The molecule has 0 radical (unpaired) electrons. The van der Waals surface area contributed by atoms with Crippen LogP contribution in [0, 0.1) is 17.2 Å². The summed E-state index contributed by atoms with van der Waals surface area (Å²) in [7, 11) is 0. The van der Waals surface area contributed by atoms with E-state index >= 15 is 0 Å². The number of nitrogens with one attached hydrogen (secondary N) is 1. The molecule has 2 rings (SSSR count). The first-order chi connectivity index (χ1) is 7.90. The summed E-state index contributed by atoms with van der Waals surface area (Å²) < 4.78 is 5.03. The van der Waals surface area contributed by atoms with Crippen molar-refractivity contribution in [2.24, 2.45) is 5.92 Å². The van der Waals surface area contributed by atoms with Gasteiger partial charge in [0.05, 0.1) is 24.5 Å². The number of nitriles is 1. The van der Waals surface area contributed by atoms with Gasteiger partial charge in [0.25, 0.3) is 0 Å². The summed E-state index contributed by atoms with van der Waals surface area (Å²) in [5, 5.41) is 12.6. The number of rotatable bonds is 3. The molecule has 1 N–H and O–H groups in total. The van der Waals surface area contributed by atoms with Crippen molar-refractivity contribution < 1.29 is 4.42 Å². The number of hydrogen-bond acceptors (Lipinski definition) is 3. The van der Waals surface area contributed by atoms with E-state index in [4.69, 9.17) is 9.68 Å². The van der Waals surface area contributed by atoms with Crippen LogP contribution in [0.25, 0.3) is 0 Å². The van der Waals surface area contributed by atoms with Crippen LogP contribution in [0.5, 0.6) is 0 Å². The van der Waals surface area contributed by atoms with Crippen LogP contribution in [-0.4, -0.2) is 6.04 Å². The molecule has 0 amide bonds. The highest BCUT2D eigenvalue weighted by molar-refractivity contribution is 5.05. The summed E-state index contributed by atoms with van der Waals surface area (Å²) in [6.07, 6.45) is 9.30. The molecule has 2 unspecified atom stereocenters. The Balaban J connectivity index is 1.88. The van der Waals surface area contributed by atoms with Crippen LogP contribution in [-0.2, 0) is 6.54 Å². The third-order valence-corrected chi connectivity index (χ3v) is 3.33. The van der Waals surface area contributed by atoms with Gasteiger partial charge in [-0.2, -0.15) is 5.26 Å². The molecule has 0 bridgehead atoms. The van der Waals surface area contributed by atoms with Gasteiger partial charge in [0.1, 0.15) is 0 Å². The first-order valence-corrected chi connectivity index (χ1v) is 6.04. The van der Waals surface area contributed by atoms with E-state index in [1.54, 1.807) is 12.5 Å². The fourth-order valence-electron chi connectivity index (χ4n) is 2.35. The highest BCUT2D eigenvalue weighted by Gasteiger charge is 2.22. The predicted molar refractivity (Wildman–Crippen MR) is 61.5 cm³/mol. The monoisotopic (exact) mass is 218 g/mol. The van der Waals surface area contributed by atoms with Crippen LogP contribution in [0.4, 0.5) is 0 Å². The average Bonchev–Trinajstić information content (AvgIpc) is 2.71. The predicted octanol–water partition coefficient (Wildman–Crippen LogP) is 2.84. The normalized spacial score (nSPS) is 25.9. The standard InChI is InChI=1S/C13H18N2O/c14-8-12-4-2-1-3-5-13(12)15-9-11-6-7-16-10-11/h6-7,10,12-13,15H,1-5,9H2. The summed E-state index contributed by atoms with van der Waals surface area (Å²) in [6.45, 7) is 0.805. The van der Waals surface area contributed by atoms with Crippen molar-refractivity contribution >= 4 is 0 Å². The Morgan fingerprint density at radius 3 is 3.00 bits per heavy atom. The summed E-state index contributed by atoms with van der Waals surface area (Å²) >= 11 is 0. The maximum Gasteiger partial charge on any atom is 0.0947 e. The second kappa shape index (κ2) is 5.72. The van der Waals surface area contributed by atoms with Crippen molar-refractivity contribution in [2.75, 3.05) is 0 Å². The van der Waals surface area contributed by atoms with E-state index in [1.165, 1.54) is 19.3 Å². The number of hydrogen-bond donors (Lipinski definition) is 1. The smallest absolute Gasteiger partial charge is 0.0947 e. The van der Waals surface area contributed by atoms with Gasteiger partial charge < -0.3 is 9.73 Å². The molecule has 1 heterocycles. The Bertz CT molecular complexity index is 339. The molecule has 1 aromatic heterocycles. The van der Waals surface area contributed by atoms with Crippen LogP contribution in [0.3, 0.4) is 0 Å². The third kappa shape index (κ3) is 2.86. The maximum absolute atomic E-state index is 9.14. The fraction of sp³-hybridized carbons (Fsp3) is 0.615. The van der Waals surface area contributed by atoms with Crippen LogP contribution in [0.2, 0.25) is 0 Å². The van der Waals surface area contributed by atoms with Gasteiger partial charge in [0.15, 0.2) is 0 Å². The summed E-state index contributed by atoms with van der Waals surface area (Å²) in [5.74, 6) is 0.175. The molecule has 3 nitrogen and oxygen atoms in total. The molecule has 2 atom stereocenters. The lowest BCUT2D eigenvalue weighted by molar-refractivity contribution is 0.393. The Kier molecular flexibility index (Phi) is 4.01. The molecule has 1 aliphatic carbocycles. The lowest BCUT2D eigenvalue weighted by Crippen LogP contribution is -2.34. The molecule has 0 aliphatic heterocycles. The van der Waals surface area contributed by atoms with E-state index in [0.717, 1.165) is 24.9 Å². The fourth-order valence-corrected chi connectivity index (χ4v) is 2.35. The minimum atomic E-state index is 0.175. The molecule has 3 heteroatoms. The highest BCUT2D eigenvalue weighted by Crippen LogP contribution is 2.23. The second-order valence-corrected chi connectivity index (χ2v) is 4.49. The van der Waals surface area contributed by atoms with Gasteiger partial charge in [-0.05, 0) is 18.9 Å². The van der Waals surface area contributed by atoms with E-state index in [9.17, 15) is 0 Å². The SMILES string of the molecule is N#CC1CCCCCC1NCc1ccoc1. The molecule has 86 valence electrons. The molecule has 1 aromatic rings. The van der Waals surface area contributed by atoms with E-state index < -0.39 is 0 Å². The lowest BCUT2D eigenvalue weighted by atomic mass is 9.96. The third-order valence-electron chi connectivity index (χ3n) is 3.33. The van der Waals surface area contributed by atoms with E-state index in [2.05, 4.69) is 11.4 Å². The minimum absolute atomic E-state index is 0.175. The Labute approximate surface area is 96.4 Å². The maximum atomic E-state index is 9.14. The molecule has 1 saturated carbocycles. The molecule has 1 fully saturated rings. The summed E-state index contributed by atoms with van der Waals surface area (Å²) in [4.78, 5) is 0. The molecular weight excluding hydrogens is 200 g/mol. The van der Waals surface area contributed by atoms with Gasteiger partial charge in [0, 0.05) is 18.2 Å². The Hall–Kier alpha value is -1.27. The van der Waals surface area contributed by atoms with Gasteiger partial charge in [-0.25, -0.2) is 0 Å². The van der Waals surface area contributed by atoms with Crippen molar-refractivity contribution in [3.63, 3.8) is 0 Å². The van der Waals surface area contributed by atoms with Crippen LogP contribution >= 0.6 is 0 Å². The van der Waals surface area contributed by atoms with Gasteiger partial charge in [0.2, 0.25) is 0 Å². The van der Waals surface area contributed by atoms with Crippen LogP contribution < -0.4 is 5.32 Å². The van der Waals surface area contributed by atoms with Gasteiger partial charge in [-0.3, -0.25) is 0 Å². The van der Waals surface area contributed by atoms with Gasteiger partial charge in [-0.15, -0.1) is 0 Å². The van der Waals surface area contributed by atoms with Crippen molar-refractivity contribution in [2.45, 2.75) is 44.7 Å². The highest BCUT2D eigenvalue weighted by atomic mass is 16.3. The molecular formula is C13H18N2O. The van der Waals surface area contributed by atoms with Gasteiger partial charge in [-0.1, -0.05) is 19.3 Å². The zero-order valence-corrected chi connectivity index (χ0v) is 9.48. The van der Waals surface area contributed by atoms with Crippen molar-refractivity contribution in [3.8, 4) is 6.07 Å². The molecule has 0 saturated heterocycles. The quantitative estimate of drug-likeness (QED) is 0.794. The van der Waals surface area contributed by atoms with Crippen molar-refractivity contribution in [1.82, 2.24) is 5.32 Å². The van der Waals surface area contributed by atoms with Crippen LogP contribution in [0.1, 0.15) is 37.7 Å². The van der Waals surface area contributed by atoms with Crippen molar-refractivity contribution in [1.29, 1.82) is 5.26 Å². The topological polar surface area (TPSA) is 49.0 Å². The zero-order valence-electron chi connectivity index (χ0n) is 9.48. The average molecular weight is 218 g/mol. The number of furan rings is 1. The molecule has 0 spiro atoms. The van der Waals surface area contributed by atoms with E-state index in [-0.39, 0.29) is 5.92 Å². The molecule has 0 aromatic carbocycles. The first kappa shape index (κ1) is 11.2. The van der Waals surface area contributed by atoms with E-state index in [1.807, 2.05) is 6.07 Å². The summed E-state index contributed by atoms with van der Waals surface area (Å²) in [6, 6.07) is 4.75. The Morgan fingerprint density at radius 1 is 1.38 bits per heavy atom. The van der Waals surface area contributed by atoms with Crippen molar-refractivity contribution in [3.05, 3.63) is 24.2 Å². The first-order valence-electron chi connectivity index (χ1n) is 6.04. The van der Waals surface area contributed by atoms with Crippen LogP contribution in [0.15, 0.2) is 23.0 Å². The minimum Gasteiger partial charge on any atom is -0.472 e. The van der Waals surface area contributed by atoms with Gasteiger partial charge >= 0.3 is 0 Å². The lowest BCUT2D eigenvalue weighted by Gasteiger charge is -2.20. The number of nitrogens with zero attached hydrogens (tertiary/aromatic N) is 1. The molecule has 1 aliphatic rings. The molecule has 16 heavy (non-hydrogen) atoms.